The smallest absolute Gasteiger partial charge is 0.323 e. The number of aromatic amines is 1. The first kappa shape index (κ1) is 30.7. The van der Waals surface area contributed by atoms with Crippen LogP contribution in [0.25, 0.3) is 10.5 Å². The van der Waals surface area contributed by atoms with Crippen molar-refractivity contribution in [1.29, 1.82) is 0 Å². The Morgan fingerprint density at radius 3 is 2.30 bits per heavy atom. The molecule has 232 valence electrons. The predicted molar refractivity (Wildman–Crippen MR) is 159 cm³/mol. The third-order valence-electron chi connectivity index (χ3n) is 6.81. The number of unbranched alkanes of at least 4 members (excludes halogenated alkanes) is 2. The van der Waals surface area contributed by atoms with Crippen LogP contribution >= 0.6 is 24.0 Å². The number of anilines is 1. The van der Waals surface area contributed by atoms with Crippen LogP contribution in [0.4, 0.5) is 5.69 Å². The van der Waals surface area contributed by atoms with E-state index in [0.29, 0.717) is 41.4 Å². The number of ether oxygens (including phenoxy) is 3. The van der Waals surface area contributed by atoms with E-state index >= 15 is 0 Å². The minimum Gasteiger partial charge on any atom is -0.480 e. The number of carbonyl (C=O) groups excluding carboxylic acids is 1. The van der Waals surface area contributed by atoms with E-state index in [1.54, 1.807) is 12.1 Å². The first-order chi connectivity index (χ1) is 21.0. The summed E-state index contributed by atoms with van der Waals surface area (Å²) in [6.45, 7) is 0.00348. The normalized spacial score (nSPS) is 18.2. The molecule has 3 aliphatic heterocycles. The van der Waals surface area contributed by atoms with Crippen LogP contribution in [0.15, 0.2) is 28.9 Å². The minimum absolute atomic E-state index is 0.00553. The number of allylic oxidation sites excluding steroid dienone is 1. The molecule has 0 bridgehead atoms. The Kier molecular flexibility index (Phi) is 8.68. The van der Waals surface area contributed by atoms with E-state index in [9.17, 15) is 39.3 Å². The van der Waals surface area contributed by atoms with E-state index in [1.165, 1.54) is 11.0 Å². The first-order valence-electron chi connectivity index (χ1n) is 13.3. The summed E-state index contributed by atoms with van der Waals surface area (Å²) in [5, 5.41) is 28.4. The molecule has 1 aromatic heterocycles. The average molecular weight is 647 g/mol. The Labute approximate surface area is 257 Å². The van der Waals surface area contributed by atoms with E-state index in [4.69, 9.17) is 26.4 Å². The molecular weight excluding hydrogens is 620 g/mol. The number of rotatable bonds is 11. The Balaban J connectivity index is 1.71. The molecule has 3 aliphatic rings. The van der Waals surface area contributed by atoms with Crippen LogP contribution in [0.2, 0.25) is 0 Å². The number of hydrogen-bond donors (Lipinski definition) is 4. The fraction of sp³-hybridized carbons (Fsp3) is 0.333. The Hall–Kier alpha value is -4.77. The Bertz CT molecular complexity index is 1810. The van der Waals surface area contributed by atoms with Crippen molar-refractivity contribution in [2.45, 2.75) is 39.2 Å². The number of carbonyl (C=O) groups is 4. The molecule has 0 saturated carbocycles. The van der Waals surface area contributed by atoms with Crippen molar-refractivity contribution < 1.29 is 48.7 Å². The van der Waals surface area contributed by atoms with Crippen molar-refractivity contribution in [3.05, 3.63) is 45.3 Å². The lowest BCUT2D eigenvalue weighted by atomic mass is 10.1. The van der Waals surface area contributed by atoms with Crippen molar-refractivity contribution in [3.63, 3.8) is 0 Å². The van der Waals surface area contributed by atoms with Crippen LogP contribution < -0.4 is 35.5 Å². The van der Waals surface area contributed by atoms with Gasteiger partial charge in [-0.05, 0) is 18.4 Å². The molecule has 15 nitrogen and oxygen atoms in total. The monoisotopic (exact) mass is 646 g/mol. The molecule has 0 spiro atoms. The number of benzene rings is 1. The van der Waals surface area contributed by atoms with Crippen molar-refractivity contribution >= 4 is 68.3 Å². The van der Waals surface area contributed by atoms with Gasteiger partial charge in [-0.15, -0.1) is 0 Å². The predicted octanol–water partition coefficient (Wildman–Crippen LogP) is 0.599. The van der Waals surface area contributed by atoms with Crippen LogP contribution in [-0.4, -0.2) is 77.8 Å². The van der Waals surface area contributed by atoms with Gasteiger partial charge in [0.05, 0.1) is 5.69 Å². The van der Waals surface area contributed by atoms with Gasteiger partial charge in [0.1, 0.15) is 39.7 Å². The van der Waals surface area contributed by atoms with Gasteiger partial charge in [0.25, 0.3) is 11.5 Å². The highest BCUT2D eigenvalue weighted by Gasteiger charge is 2.36. The lowest BCUT2D eigenvalue weighted by Crippen LogP contribution is -2.37. The summed E-state index contributed by atoms with van der Waals surface area (Å²) in [6, 6.07) is 3.16. The quantitative estimate of drug-likeness (QED) is 0.195. The van der Waals surface area contributed by atoms with Gasteiger partial charge >= 0.3 is 17.9 Å². The maximum absolute atomic E-state index is 13.8. The summed E-state index contributed by atoms with van der Waals surface area (Å²) < 4.78 is 17.7. The number of thiocarbonyl (C=S) groups is 1. The van der Waals surface area contributed by atoms with Gasteiger partial charge < -0.3 is 34.5 Å². The number of thioether (sulfide) groups is 1. The summed E-state index contributed by atoms with van der Waals surface area (Å²) >= 11 is 5.92. The SMILES string of the molecule is CCCCCC(/C=C1\Oc2cc3c(cc2N1CC(=O)O)OCO3)=c1\[nH]/c(=C2\SC(=S)N(CC(=O)O)C2=O)n(CC(=O)O)c1=O. The zero-order valence-corrected chi connectivity index (χ0v) is 24.8. The number of fused-ring (bicyclic) bond motifs is 2. The molecule has 17 heteroatoms. The second-order valence-corrected chi connectivity index (χ2v) is 11.5. The highest BCUT2D eigenvalue weighted by molar-refractivity contribution is 8.30. The lowest BCUT2D eigenvalue weighted by molar-refractivity contribution is -0.140. The zero-order valence-electron chi connectivity index (χ0n) is 23.2. The summed E-state index contributed by atoms with van der Waals surface area (Å²) in [5.74, 6) is -3.38. The second-order valence-electron chi connectivity index (χ2n) is 9.84. The highest BCUT2D eigenvalue weighted by Crippen LogP contribution is 2.47. The molecule has 1 aromatic carbocycles. The van der Waals surface area contributed by atoms with Crippen LogP contribution in [0.5, 0.6) is 17.2 Å². The van der Waals surface area contributed by atoms with Gasteiger partial charge in [-0.2, -0.15) is 0 Å². The molecule has 0 radical (unpaired) electrons. The maximum atomic E-state index is 13.8. The fourth-order valence-electron chi connectivity index (χ4n) is 4.85. The van der Waals surface area contributed by atoms with Crippen molar-refractivity contribution in [2.24, 2.45) is 0 Å². The minimum atomic E-state index is -1.36. The summed E-state index contributed by atoms with van der Waals surface area (Å²) in [7, 11) is 0. The molecule has 0 atom stereocenters. The molecule has 2 aromatic rings. The second kappa shape index (κ2) is 12.5. The molecular formula is C27H26N4O11S2. The molecule has 4 heterocycles. The largest absolute Gasteiger partial charge is 0.480 e. The van der Waals surface area contributed by atoms with Crippen molar-refractivity contribution in [3.8, 4) is 17.2 Å². The van der Waals surface area contributed by atoms with Crippen molar-refractivity contribution in [1.82, 2.24) is 14.5 Å². The number of nitrogens with one attached hydrogen (secondary N) is 1. The van der Waals surface area contributed by atoms with Crippen molar-refractivity contribution in [2.75, 3.05) is 24.8 Å². The summed E-state index contributed by atoms with van der Waals surface area (Å²) in [4.78, 5) is 66.8. The number of hydrogen-bond acceptors (Lipinski definition) is 11. The fourth-order valence-corrected chi connectivity index (χ4v) is 6.14. The van der Waals surface area contributed by atoms with E-state index < -0.39 is 49.0 Å². The molecule has 1 saturated heterocycles. The number of carboxylic acids is 3. The standard InChI is InChI=1S/C27H26N4O11S2/c1-2-3-4-5-13(6-18-29(9-19(32)33)14-7-16-17(41-12-40-16)8-15(14)42-18)22-25(38)30(10-20(34)35)24(28-22)23-26(39)31(11-21(36)37)27(43)44-23/h6-8,28H,2-5,9-12H2,1H3,(H,32,33)(H,34,35)(H,36,37)/b18-6-,22-13+,24-23+. The summed E-state index contributed by atoms with van der Waals surface area (Å²) in [6.07, 6.45) is 4.06. The summed E-state index contributed by atoms with van der Waals surface area (Å²) in [5.41, 5.74) is -0.127. The van der Waals surface area contributed by atoms with Crippen LogP contribution in [0.1, 0.15) is 32.6 Å². The van der Waals surface area contributed by atoms with Gasteiger partial charge in [-0.25, -0.2) is 0 Å². The molecule has 0 unspecified atom stereocenters. The lowest BCUT2D eigenvalue weighted by Gasteiger charge is -2.16. The Morgan fingerprint density at radius 1 is 0.977 bits per heavy atom. The van der Waals surface area contributed by atoms with Gasteiger partial charge in [-0.3, -0.25) is 38.3 Å². The molecule has 1 amide bonds. The third-order valence-corrected chi connectivity index (χ3v) is 8.25. The third kappa shape index (κ3) is 6.00. The number of H-pyrrole nitrogens is 1. The van der Waals surface area contributed by atoms with Gasteiger partial charge in [0.2, 0.25) is 12.7 Å². The van der Waals surface area contributed by atoms with E-state index in [-0.39, 0.29) is 32.7 Å². The zero-order chi connectivity index (χ0) is 31.7. The van der Waals surface area contributed by atoms with E-state index in [0.717, 1.165) is 34.1 Å². The van der Waals surface area contributed by atoms with Crippen LogP contribution in [0.3, 0.4) is 0 Å². The van der Waals surface area contributed by atoms with E-state index in [1.807, 2.05) is 6.92 Å². The topological polar surface area (TPSA) is 201 Å². The molecule has 0 aliphatic carbocycles. The average Bonchev–Trinajstić information content (AvgIpc) is 3.69. The number of aromatic nitrogens is 2. The Morgan fingerprint density at radius 2 is 1.64 bits per heavy atom. The van der Waals surface area contributed by atoms with Gasteiger partial charge in [0.15, 0.2) is 17.2 Å². The van der Waals surface area contributed by atoms with Crippen LogP contribution in [-0.2, 0) is 25.7 Å². The molecule has 44 heavy (non-hydrogen) atoms. The van der Waals surface area contributed by atoms with Crippen LogP contribution in [0, 0.1) is 0 Å². The number of imidazole rings is 1. The maximum Gasteiger partial charge on any atom is 0.323 e. The number of aliphatic carboxylic acids is 3. The van der Waals surface area contributed by atoms with Gasteiger partial charge in [0, 0.05) is 18.2 Å². The number of amides is 1. The van der Waals surface area contributed by atoms with E-state index in [2.05, 4.69) is 4.98 Å². The molecule has 1 fully saturated rings. The number of carboxylic acid groups (broad SMARTS) is 3. The first-order valence-corrected chi connectivity index (χ1v) is 14.6. The molecule has 4 N–H and O–H groups in total. The van der Waals surface area contributed by atoms with Gasteiger partial charge in [-0.1, -0.05) is 43.7 Å². The molecule has 5 rings (SSSR count). The highest BCUT2D eigenvalue weighted by atomic mass is 32.2. The number of nitrogens with zero attached hydrogens (tertiary/aromatic N) is 3.